The summed E-state index contributed by atoms with van der Waals surface area (Å²) in [5.74, 6) is -0.102. The largest absolute Gasteiger partial charge is 0.443 e. The van der Waals surface area contributed by atoms with E-state index in [1.807, 2.05) is 0 Å². The summed E-state index contributed by atoms with van der Waals surface area (Å²) in [4.78, 5) is 34.1. The molecule has 0 atom stereocenters. The molecule has 0 saturated carbocycles. The Labute approximate surface area is 122 Å². The summed E-state index contributed by atoms with van der Waals surface area (Å²) >= 11 is 2.98. The molecule has 8 nitrogen and oxygen atoms in total. The van der Waals surface area contributed by atoms with Crippen molar-refractivity contribution in [3.63, 3.8) is 0 Å². The fourth-order valence-corrected chi connectivity index (χ4v) is 1.63. The second-order valence-corrected chi connectivity index (χ2v) is 5.60. The third-order valence-corrected chi connectivity index (χ3v) is 2.89. The summed E-state index contributed by atoms with van der Waals surface area (Å²) in [7, 11) is 0. The summed E-state index contributed by atoms with van der Waals surface area (Å²) in [6.07, 6.45) is 1.40. The van der Waals surface area contributed by atoms with E-state index in [2.05, 4.69) is 35.4 Å². The maximum absolute atomic E-state index is 11.7. The predicted octanol–water partition coefficient (Wildman–Crippen LogP) is 1.39. The van der Waals surface area contributed by atoms with Crippen LogP contribution in [0.2, 0.25) is 0 Å². The molecule has 9 heteroatoms. The van der Waals surface area contributed by atoms with E-state index in [1.165, 1.54) is 10.9 Å². The van der Waals surface area contributed by atoms with Gasteiger partial charge in [0.2, 0.25) is 5.95 Å². The number of anilines is 1. The summed E-state index contributed by atoms with van der Waals surface area (Å²) in [5, 5.41) is 0. The highest BCUT2D eigenvalue weighted by molar-refractivity contribution is 9.10. The number of carbonyl (C=O) groups excluding carboxylic acids is 1. The lowest BCUT2D eigenvalue weighted by molar-refractivity contribution is -0.156. The zero-order valence-electron chi connectivity index (χ0n) is 11.2. The van der Waals surface area contributed by atoms with Crippen LogP contribution in [0.3, 0.4) is 0 Å². The Morgan fingerprint density at radius 1 is 1.55 bits per heavy atom. The maximum Gasteiger partial charge on any atom is 0.312 e. The van der Waals surface area contributed by atoms with E-state index in [0.717, 1.165) is 0 Å². The molecule has 0 aliphatic rings. The topological polar surface area (TPSA) is 102 Å². The summed E-state index contributed by atoms with van der Waals surface area (Å²) < 4.78 is 9.22. The fourth-order valence-electron chi connectivity index (χ4n) is 1.44. The van der Waals surface area contributed by atoms with E-state index in [0.29, 0.717) is 5.65 Å². The second kappa shape index (κ2) is 5.23. The summed E-state index contributed by atoms with van der Waals surface area (Å²) in [6.45, 7) is 5.23. The summed E-state index contributed by atoms with van der Waals surface area (Å²) in [6, 6.07) is 0. The van der Waals surface area contributed by atoms with Crippen molar-refractivity contribution in [2.75, 3.05) is 4.34 Å². The zero-order valence-corrected chi connectivity index (χ0v) is 12.8. The number of ether oxygens (including phenoxy) is 1. The van der Waals surface area contributed by atoms with Crippen molar-refractivity contribution >= 4 is 39.2 Å². The Bertz CT molecular complexity index is 700. The van der Waals surface area contributed by atoms with E-state index < -0.39 is 5.41 Å². The van der Waals surface area contributed by atoms with Crippen molar-refractivity contribution in [1.82, 2.24) is 19.5 Å². The molecule has 0 unspecified atom stereocenters. The molecular weight excluding hydrogens is 330 g/mol. The van der Waals surface area contributed by atoms with Crippen molar-refractivity contribution in [3.05, 3.63) is 16.7 Å². The van der Waals surface area contributed by atoms with Crippen LogP contribution >= 0.6 is 16.1 Å². The smallest absolute Gasteiger partial charge is 0.312 e. The lowest BCUT2D eigenvalue weighted by Crippen LogP contribution is -2.24. The molecule has 2 aromatic heterocycles. The number of carbonyl (C=O) groups is 1. The van der Waals surface area contributed by atoms with Crippen LogP contribution in [0.1, 0.15) is 20.8 Å². The van der Waals surface area contributed by atoms with Gasteiger partial charge in [0.05, 0.1) is 5.41 Å². The molecule has 0 radical (unpaired) electrons. The number of imidazole rings is 1. The minimum atomic E-state index is -0.593. The van der Waals surface area contributed by atoms with Crippen molar-refractivity contribution in [2.45, 2.75) is 27.5 Å². The molecule has 2 aromatic rings. The number of H-pyrrole nitrogens is 1. The normalized spacial score (nSPS) is 11.6. The van der Waals surface area contributed by atoms with Gasteiger partial charge in [-0.05, 0) is 20.8 Å². The minimum absolute atomic E-state index is 0.0508. The van der Waals surface area contributed by atoms with Gasteiger partial charge in [0.1, 0.15) is 6.33 Å². The molecular formula is C11H14BrN5O3. The van der Waals surface area contributed by atoms with Gasteiger partial charge in [0.25, 0.3) is 5.56 Å². The monoisotopic (exact) mass is 343 g/mol. The molecule has 0 amide bonds. The van der Waals surface area contributed by atoms with Crippen LogP contribution in [-0.2, 0) is 16.3 Å². The van der Waals surface area contributed by atoms with Crippen molar-refractivity contribution < 1.29 is 9.53 Å². The van der Waals surface area contributed by atoms with Gasteiger partial charge in [-0.2, -0.15) is 4.98 Å². The number of aromatic amines is 1. The van der Waals surface area contributed by atoms with Gasteiger partial charge in [-0.3, -0.25) is 23.5 Å². The highest BCUT2D eigenvalue weighted by Gasteiger charge is 2.23. The van der Waals surface area contributed by atoms with Gasteiger partial charge in [0, 0.05) is 16.1 Å². The van der Waals surface area contributed by atoms with Gasteiger partial charge in [0.15, 0.2) is 17.9 Å². The first kappa shape index (κ1) is 14.5. The molecule has 2 heterocycles. The number of halogens is 1. The highest BCUT2D eigenvalue weighted by Crippen LogP contribution is 2.16. The molecule has 2 rings (SSSR count). The first-order valence-electron chi connectivity index (χ1n) is 5.82. The molecule has 20 heavy (non-hydrogen) atoms. The number of nitrogens with zero attached hydrogens (tertiary/aromatic N) is 3. The molecule has 0 aromatic carbocycles. The number of fused-ring (bicyclic) bond motifs is 1. The minimum Gasteiger partial charge on any atom is -0.443 e. The average Bonchev–Trinajstić information content (AvgIpc) is 2.78. The van der Waals surface area contributed by atoms with Crippen molar-refractivity contribution in [1.29, 1.82) is 0 Å². The van der Waals surface area contributed by atoms with Crippen LogP contribution in [0.15, 0.2) is 11.1 Å². The number of esters is 1. The molecule has 0 fully saturated rings. The number of hydrogen-bond donors (Lipinski definition) is 2. The van der Waals surface area contributed by atoms with Crippen LogP contribution in [0.5, 0.6) is 0 Å². The molecule has 2 N–H and O–H groups in total. The second-order valence-electron chi connectivity index (χ2n) is 5.21. The molecule has 0 saturated heterocycles. The standard InChI is InChI=1S/C11H14BrN5O3/c1-11(2,3)9(19)20-5-17-4-13-6-7(17)14-10(16-12)15-8(6)18/h4H,5H2,1-3H3,(H2,14,15,16,18). The van der Waals surface area contributed by atoms with E-state index in [9.17, 15) is 9.59 Å². The maximum atomic E-state index is 11.7. The number of aromatic nitrogens is 4. The van der Waals surface area contributed by atoms with E-state index in [-0.39, 0.29) is 29.7 Å². The first-order valence-corrected chi connectivity index (χ1v) is 6.61. The first-order chi connectivity index (χ1) is 9.32. The van der Waals surface area contributed by atoms with Gasteiger partial charge in [-0.1, -0.05) is 0 Å². The molecule has 0 aliphatic heterocycles. The van der Waals surface area contributed by atoms with Gasteiger partial charge >= 0.3 is 5.97 Å². The highest BCUT2D eigenvalue weighted by atomic mass is 79.9. The Balaban J connectivity index is 2.30. The van der Waals surface area contributed by atoms with Gasteiger partial charge in [-0.15, -0.1) is 0 Å². The Hall–Kier alpha value is -1.90. The molecule has 0 bridgehead atoms. The molecule has 0 aliphatic carbocycles. The van der Waals surface area contributed by atoms with E-state index >= 15 is 0 Å². The van der Waals surface area contributed by atoms with Gasteiger partial charge < -0.3 is 4.74 Å². The number of hydrogen-bond acceptors (Lipinski definition) is 6. The average molecular weight is 344 g/mol. The molecule has 108 valence electrons. The quantitative estimate of drug-likeness (QED) is 0.644. The fraction of sp³-hybridized carbons (Fsp3) is 0.455. The Morgan fingerprint density at radius 2 is 2.25 bits per heavy atom. The summed E-state index contributed by atoms with van der Waals surface area (Å²) in [5.41, 5.74) is -0.456. The zero-order chi connectivity index (χ0) is 14.9. The van der Waals surface area contributed by atoms with E-state index in [1.54, 1.807) is 20.8 Å². The SMILES string of the molecule is CC(C)(C)C(=O)OCn1cnc2c(=O)[nH]c(NBr)nc21. The van der Waals surface area contributed by atoms with Crippen LogP contribution in [-0.4, -0.2) is 25.5 Å². The third kappa shape index (κ3) is 2.82. The number of rotatable bonds is 3. The van der Waals surface area contributed by atoms with Gasteiger partial charge in [-0.25, -0.2) is 4.98 Å². The van der Waals surface area contributed by atoms with E-state index in [4.69, 9.17) is 4.74 Å². The predicted molar refractivity (Wildman–Crippen MR) is 76.2 cm³/mol. The van der Waals surface area contributed by atoms with Crippen LogP contribution < -0.4 is 9.90 Å². The van der Waals surface area contributed by atoms with Crippen LogP contribution in [0.25, 0.3) is 11.2 Å². The third-order valence-electron chi connectivity index (χ3n) is 2.51. The number of nitrogens with one attached hydrogen (secondary N) is 2. The Morgan fingerprint density at radius 3 is 2.85 bits per heavy atom. The molecule has 0 spiro atoms. The van der Waals surface area contributed by atoms with Crippen molar-refractivity contribution in [2.24, 2.45) is 5.41 Å². The van der Waals surface area contributed by atoms with Crippen LogP contribution in [0.4, 0.5) is 5.95 Å². The lowest BCUT2D eigenvalue weighted by atomic mass is 9.98. The van der Waals surface area contributed by atoms with Crippen LogP contribution in [0, 0.1) is 5.41 Å². The lowest BCUT2D eigenvalue weighted by Gasteiger charge is -2.16. The Kier molecular flexibility index (Phi) is 3.80. The van der Waals surface area contributed by atoms with Crippen molar-refractivity contribution in [3.8, 4) is 0 Å².